The molecule has 12 heavy (non-hydrogen) atoms. The fourth-order valence-corrected chi connectivity index (χ4v) is 2.98. The van der Waals surface area contributed by atoms with Gasteiger partial charge >= 0.3 is 0 Å². The summed E-state index contributed by atoms with van der Waals surface area (Å²) in [7, 11) is -0.808. The third-order valence-corrected chi connectivity index (χ3v) is 4.36. The fraction of sp³-hybridized carbons (Fsp3) is 1.00. The molecule has 0 spiro atoms. The molecule has 1 unspecified atom stereocenters. The van der Waals surface area contributed by atoms with Crippen LogP contribution in [0.15, 0.2) is 0 Å². The Hall–Kier alpha value is 0.354. The lowest BCUT2D eigenvalue weighted by Gasteiger charge is -2.42. The van der Waals surface area contributed by atoms with Gasteiger partial charge in [0.05, 0.1) is 10.8 Å². The van der Waals surface area contributed by atoms with Crippen LogP contribution in [0, 0.1) is 0 Å². The molecule has 0 aliphatic heterocycles. The highest BCUT2D eigenvalue weighted by Gasteiger charge is 2.39. The maximum Gasteiger partial charge on any atom is 0.184 e. The van der Waals surface area contributed by atoms with Crippen molar-refractivity contribution in [1.82, 2.24) is 0 Å². The first kappa shape index (κ1) is 12.4. The van der Waals surface area contributed by atoms with Gasteiger partial charge in [0, 0.05) is 10.2 Å². The topological polar surface area (TPSA) is 29.5 Å². The summed E-state index contributed by atoms with van der Waals surface area (Å²) < 4.78 is 5.91. The van der Waals surface area contributed by atoms with Crippen molar-refractivity contribution in [2.75, 3.05) is 0 Å². The van der Waals surface area contributed by atoms with Gasteiger partial charge in [0.15, 0.2) is 8.32 Å². The first-order valence-electron chi connectivity index (χ1n) is 4.38. The van der Waals surface area contributed by atoms with Crippen molar-refractivity contribution in [3.05, 3.63) is 0 Å². The minimum Gasteiger partial charge on any atom is -0.410 e. The van der Waals surface area contributed by atoms with Crippen molar-refractivity contribution < 1.29 is 9.53 Å². The first-order chi connectivity index (χ1) is 4.96. The summed E-state index contributed by atoms with van der Waals surface area (Å²) in [6.45, 7) is 12.2. The average Bonchev–Trinajstić information content (AvgIpc) is 1.52. The van der Waals surface area contributed by atoms with Gasteiger partial charge < -0.3 is 9.53 Å². The normalized spacial score (nSPS) is 19.2. The second-order valence-electron chi connectivity index (χ2n) is 5.28. The molecule has 0 aromatic heterocycles. The average molecular weight is 206 g/mol. The highest BCUT2D eigenvalue weighted by atomic mass is 28.4. The molecule has 0 radical (unpaired) electrons. The quantitative estimate of drug-likeness (QED) is 0.689. The molecule has 4 heteroatoms. The summed E-state index contributed by atoms with van der Waals surface area (Å²) in [5.41, 5.74) is -0.399. The molecular weight excluding hydrogens is 184 g/mol. The molecule has 0 rings (SSSR count). The predicted molar refractivity (Wildman–Crippen MR) is 59.1 cm³/mol. The molecule has 0 bridgehead atoms. The van der Waals surface area contributed by atoms with Gasteiger partial charge in [-0.05, 0) is 40.4 Å². The van der Waals surface area contributed by atoms with Crippen LogP contribution in [0.3, 0.4) is 0 Å². The van der Waals surface area contributed by atoms with Gasteiger partial charge in [0.1, 0.15) is 0 Å². The Bertz CT molecular complexity index is 153. The Labute approximate surface area is 79.9 Å². The van der Waals surface area contributed by atoms with E-state index in [-0.39, 0.29) is 0 Å². The van der Waals surface area contributed by atoms with Gasteiger partial charge in [-0.25, -0.2) is 0 Å². The van der Waals surface area contributed by atoms with Gasteiger partial charge in [0.25, 0.3) is 0 Å². The van der Waals surface area contributed by atoms with Crippen LogP contribution in [-0.2, 0) is 4.43 Å². The van der Waals surface area contributed by atoms with Crippen molar-refractivity contribution in [3.8, 4) is 0 Å². The summed E-state index contributed by atoms with van der Waals surface area (Å²) in [6, 6.07) is 0. The van der Waals surface area contributed by atoms with E-state index < -0.39 is 19.1 Å². The van der Waals surface area contributed by atoms with E-state index in [1.165, 1.54) is 0 Å². The van der Waals surface area contributed by atoms with E-state index in [4.69, 9.17) is 4.43 Å². The Balaban J connectivity index is 4.44. The molecule has 1 atom stereocenters. The van der Waals surface area contributed by atoms with Crippen LogP contribution in [-0.4, -0.2) is 34.5 Å². The molecule has 74 valence electrons. The minimum atomic E-state index is -1.54. The van der Waals surface area contributed by atoms with Gasteiger partial charge in [-0.1, -0.05) is 0 Å². The molecule has 1 N–H and O–H groups in total. The SMILES string of the molecule is CC(O)([SiH3])C(C)(C)O[Si](C)(C)C. The van der Waals surface area contributed by atoms with Crippen molar-refractivity contribution in [1.29, 1.82) is 0 Å². The highest BCUT2D eigenvalue weighted by Crippen LogP contribution is 2.26. The summed E-state index contributed by atoms with van der Waals surface area (Å²) in [5.74, 6) is 0. The second-order valence-corrected chi connectivity index (χ2v) is 11.7. The van der Waals surface area contributed by atoms with Gasteiger partial charge in [-0.2, -0.15) is 0 Å². The number of hydrogen-bond acceptors (Lipinski definition) is 2. The molecule has 0 saturated heterocycles. The van der Waals surface area contributed by atoms with Crippen molar-refractivity contribution in [2.24, 2.45) is 0 Å². The fourth-order valence-electron chi connectivity index (χ4n) is 0.890. The van der Waals surface area contributed by atoms with Gasteiger partial charge in [0.2, 0.25) is 0 Å². The molecule has 0 heterocycles. The largest absolute Gasteiger partial charge is 0.410 e. The molecular formula is C8H22O2Si2. The highest BCUT2D eigenvalue weighted by molar-refractivity contribution is 6.69. The van der Waals surface area contributed by atoms with Crippen molar-refractivity contribution in [3.63, 3.8) is 0 Å². The van der Waals surface area contributed by atoms with E-state index in [0.717, 1.165) is 10.2 Å². The summed E-state index contributed by atoms with van der Waals surface area (Å²) in [4.78, 5) is 0. The maximum atomic E-state index is 9.87. The number of rotatable bonds is 3. The van der Waals surface area contributed by atoms with Crippen LogP contribution >= 0.6 is 0 Å². The molecule has 0 aromatic carbocycles. The maximum absolute atomic E-state index is 9.87. The van der Waals surface area contributed by atoms with Crippen LogP contribution in [0.4, 0.5) is 0 Å². The summed E-state index contributed by atoms with van der Waals surface area (Å²) >= 11 is 0. The molecule has 0 aliphatic rings. The molecule has 0 aliphatic carbocycles. The zero-order valence-electron chi connectivity index (χ0n) is 9.36. The Morgan fingerprint density at radius 3 is 1.58 bits per heavy atom. The van der Waals surface area contributed by atoms with Gasteiger partial charge in [-0.15, -0.1) is 0 Å². The lowest BCUT2D eigenvalue weighted by Crippen LogP contribution is -2.54. The number of aliphatic hydroxyl groups is 1. The Morgan fingerprint density at radius 2 is 1.50 bits per heavy atom. The van der Waals surface area contributed by atoms with Crippen LogP contribution < -0.4 is 0 Å². The molecule has 0 saturated carbocycles. The molecule has 0 amide bonds. The molecule has 2 nitrogen and oxygen atoms in total. The lowest BCUT2D eigenvalue weighted by molar-refractivity contribution is -0.0530. The van der Waals surface area contributed by atoms with E-state index >= 15 is 0 Å². The first-order valence-corrected chi connectivity index (χ1v) is 8.79. The second kappa shape index (κ2) is 3.25. The van der Waals surface area contributed by atoms with E-state index in [1.54, 1.807) is 0 Å². The van der Waals surface area contributed by atoms with Crippen LogP contribution in [0.25, 0.3) is 0 Å². The van der Waals surface area contributed by atoms with Crippen molar-refractivity contribution >= 4 is 18.6 Å². The zero-order chi connectivity index (χ0) is 10.2. The number of hydrogen-bond donors (Lipinski definition) is 1. The zero-order valence-corrected chi connectivity index (χ0v) is 12.4. The van der Waals surface area contributed by atoms with Crippen LogP contribution in [0.5, 0.6) is 0 Å². The minimum absolute atomic E-state index is 0.399. The summed E-state index contributed by atoms with van der Waals surface area (Å²) in [5, 5.41) is 9.22. The Morgan fingerprint density at radius 1 is 1.17 bits per heavy atom. The van der Waals surface area contributed by atoms with Gasteiger partial charge in [-0.3, -0.25) is 0 Å². The smallest absolute Gasteiger partial charge is 0.184 e. The third-order valence-electron chi connectivity index (χ3n) is 2.03. The predicted octanol–water partition coefficient (Wildman–Crippen LogP) is 0.690. The van der Waals surface area contributed by atoms with Crippen LogP contribution in [0.1, 0.15) is 20.8 Å². The lowest BCUT2D eigenvalue weighted by atomic mass is 10.0. The van der Waals surface area contributed by atoms with E-state index in [1.807, 2.05) is 20.8 Å². The van der Waals surface area contributed by atoms with E-state index in [2.05, 4.69) is 19.6 Å². The van der Waals surface area contributed by atoms with Crippen LogP contribution in [0.2, 0.25) is 19.6 Å². The third kappa shape index (κ3) is 3.84. The Kier molecular flexibility index (Phi) is 3.35. The van der Waals surface area contributed by atoms with E-state index in [0.29, 0.717) is 0 Å². The van der Waals surface area contributed by atoms with Crippen molar-refractivity contribution in [2.45, 2.75) is 51.2 Å². The van der Waals surface area contributed by atoms with E-state index in [9.17, 15) is 5.11 Å². The molecule has 0 fully saturated rings. The standard InChI is InChI=1S/C8H22O2Si2/c1-7(2,8(3,9)11)10-12(4,5)6/h9H,1-6,11H3. The monoisotopic (exact) mass is 206 g/mol. The molecule has 0 aromatic rings. The summed E-state index contributed by atoms with van der Waals surface area (Å²) in [6.07, 6.45) is 0.